The van der Waals surface area contributed by atoms with Crippen LogP contribution in [0.4, 0.5) is 22.8 Å². The summed E-state index contributed by atoms with van der Waals surface area (Å²) in [4.78, 5) is 68.2. The fraction of sp³-hybridized carbons (Fsp3) is 0.450. The Balaban J connectivity index is 1.18. The number of carbonyl (C=O) groups is 4. The van der Waals surface area contributed by atoms with Gasteiger partial charge in [-0.05, 0) is 54.2 Å². The summed E-state index contributed by atoms with van der Waals surface area (Å²) in [7, 11) is 1.25. The molecule has 4 atom stereocenters. The highest BCUT2D eigenvalue weighted by molar-refractivity contribution is 5.87. The summed E-state index contributed by atoms with van der Waals surface area (Å²) in [6, 6.07) is 11.3. The number of halogens is 3. The Kier molecular flexibility index (Phi) is 11.9. The van der Waals surface area contributed by atoms with E-state index in [9.17, 15) is 37.5 Å². The smallest absolute Gasteiger partial charge is 0.433 e. The number of imidazole rings is 2. The second-order valence-corrected chi connectivity index (χ2v) is 15.1. The molecule has 4 amide bonds. The van der Waals surface area contributed by atoms with E-state index in [0.29, 0.717) is 31.6 Å². The lowest BCUT2D eigenvalue weighted by molar-refractivity contribution is -0.140. The molecule has 304 valence electrons. The maximum Gasteiger partial charge on any atom is 0.433 e. The topological polar surface area (TPSA) is 186 Å². The van der Waals surface area contributed by atoms with Crippen LogP contribution in [0, 0.1) is 11.8 Å². The van der Waals surface area contributed by atoms with Gasteiger partial charge in [-0.25, -0.2) is 19.6 Å². The molecule has 57 heavy (non-hydrogen) atoms. The first-order chi connectivity index (χ1) is 27.1. The first-order valence-corrected chi connectivity index (χ1v) is 19.0. The van der Waals surface area contributed by atoms with Gasteiger partial charge in [0.25, 0.3) is 0 Å². The molecule has 4 aromatic rings. The number of benzene rings is 2. The number of aromatic amines is 2. The zero-order valence-corrected chi connectivity index (χ0v) is 32.3. The minimum Gasteiger partial charge on any atom is -0.465 e. The van der Waals surface area contributed by atoms with Gasteiger partial charge >= 0.3 is 18.4 Å². The average molecular weight is 793 g/mol. The van der Waals surface area contributed by atoms with Crippen molar-refractivity contribution in [2.45, 2.75) is 83.7 Å². The van der Waals surface area contributed by atoms with Crippen molar-refractivity contribution in [2.24, 2.45) is 11.8 Å². The van der Waals surface area contributed by atoms with E-state index in [0.717, 1.165) is 28.8 Å². The van der Waals surface area contributed by atoms with Crippen LogP contribution < -0.4 is 10.6 Å². The van der Waals surface area contributed by atoms with E-state index in [-0.39, 0.29) is 47.4 Å². The van der Waals surface area contributed by atoms with Crippen LogP contribution in [-0.4, -0.2) is 91.1 Å². The number of aromatic nitrogens is 4. The minimum absolute atomic E-state index is 0.00907. The quantitative estimate of drug-likeness (QED) is 0.106. The van der Waals surface area contributed by atoms with Crippen LogP contribution >= 0.6 is 0 Å². The van der Waals surface area contributed by atoms with Gasteiger partial charge in [-0.2, -0.15) is 13.2 Å². The van der Waals surface area contributed by atoms with Gasteiger partial charge in [0, 0.05) is 18.7 Å². The number of likely N-dealkylation sites (tertiary alicyclic amines) is 2. The number of nitrogens with one attached hydrogen (secondary N) is 4. The fourth-order valence-electron chi connectivity index (χ4n) is 7.61. The van der Waals surface area contributed by atoms with Crippen molar-refractivity contribution < 1.29 is 42.2 Å². The van der Waals surface area contributed by atoms with Crippen LogP contribution in [0.5, 0.6) is 0 Å². The Bertz CT molecular complexity index is 2080. The summed E-state index contributed by atoms with van der Waals surface area (Å²) in [5.74, 6) is -0.619. The minimum atomic E-state index is -4.76. The third-order valence-corrected chi connectivity index (χ3v) is 10.6. The number of carbonyl (C=O) groups excluding carboxylic acids is 3. The summed E-state index contributed by atoms with van der Waals surface area (Å²) in [6.45, 7) is 7.89. The van der Waals surface area contributed by atoms with Gasteiger partial charge in [0.05, 0.1) is 31.1 Å². The molecule has 2 aliphatic heterocycles. The molecule has 5 N–H and O–H groups in total. The molecule has 17 heteroatoms. The average Bonchev–Trinajstić information content (AvgIpc) is 4.01. The van der Waals surface area contributed by atoms with E-state index in [1.165, 1.54) is 12.0 Å². The molecule has 2 saturated heterocycles. The molecule has 2 aromatic carbocycles. The molecule has 4 heterocycles. The summed E-state index contributed by atoms with van der Waals surface area (Å²) >= 11 is 0. The van der Waals surface area contributed by atoms with E-state index < -0.39 is 48.1 Å². The van der Waals surface area contributed by atoms with Crippen LogP contribution in [0.15, 0.2) is 54.7 Å². The predicted molar refractivity (Wildman–Crippen MR) is 203 cm³/mol. The molecule has 2 aromatic heterocycles. The summed E-state index contributed by atoms with van der Waals surface area (Å²) in [5, 5.41) is 14.2. The molecule has 14 nitrogen and oxygen atoms in total. The second kappa shape index (κ2) is 16.7. The van der Waals surface area contributed by atoms with Gasteiger partial charge < -0.3 is 40.2 Å². The highest BCUT2D eigenvalue weighted by Crippen LogP contribution is 2.40. The summed E-state index contributed by atoms with van der Waals surface area (Å²) < 4.78 is 47.9. The lowest BCUT2D eigenvalue weighted by Crippen LogP contribution is -2.51. The summed E-state index contributed by atoms with van der Waals surface area (Å²) in [5.41, 5.74) is 2.09. The molecule has 0 bridgehead atoms. The number of methoxy groups -OCH3 is 1. The Morgan fingerprint density at radius 1 is 0.772 bits per heavy atom. The third kappa shape index (κ3) is 8.76. The highest BCUT2D eigenvalue weighted by Gasteiger charge is 2.42. The van der Waals surface area contributed by atoms with Crippen molar-refractivity contribution >= 4 is 24.0 Å². The molecule has 0 saturated carbocycles. The Morgan fingerprint density at radius 2 is 1.26 bits per heavy atom. The normalized spacial score (nSPS) is 18.2. The van der Waals surface area contributed by atoms with Gasteiger partial charge in [-0.3, -0.25) is 9.59 Å². The SMILES string of the molecule is COC(=O)N[C@H](C(=O)N1CCC[C@H]1c1ncc(-c2ccc(-c3ccc(-c4nc([C@@H]5CCCN5C(=O)[C@@H](NC(=O)O)C(C)C)[nH]c4C(F)(F)F)cc3)cc2)[nH]1)C(C)C. The molecule has 0 radical (unpaired) electrons. The van der Waals surface area contributed by atoms with E-state index >= 15 is 0 Å². The van der Waals surface area contributed by atoms with Crippen molar-refractivity contribution in [2.75, 3.05) is 20.2 Å². The maximum atomic E-state index is 14.4. The van der Waals surface area contributed by atoms with E-state index in [4.69, 9.17) is 4.74 Å². The van der Waals surface area contributed by atoms with Gasteiger partial charge in [0.2, 0.25) is 11.8 Å². The van der Waals surface area contributed by atoms with Crippen LogP contribution in [0.1, 0.15) is 82.8 Å². The van der Waals surface area contributed by atoms with Crippen LogP contribution in [0.25, 0.3) is 33.6 Å². The molecular weight excluding hydrogens is 745 g/mol. The van der Waals surface area contributed by atoms with Crippen molar-refractivity contribution in [1.82, 2.24) is 40.4 Å². The number of nitrogens with zero attached hydrogens (tertiary/aromatic N) is 4. The maximum absolute atomic E-state index is 14.4. The van der Waals surface area contributed by atoms with Gasteiger partial charge in [-0.15, -0.1) is 0 Å². The largest absolute Gasteiger partial charge is 0.465 e. The first kappa shape index (κ1) is 40.8. The van der Waals surface area contributed by atoms with E-state index in [1.807, 2.05) is 38.1 Å². The highest BCUT2D eigenvalue weighted by atomic mass is 19.4. The van der Waals surface area contributed by atoms with E-state index in [2.05, 4.69) is 30.6 Å². The molecule has 0 spiro atoms. The number of hydrogen-bond acceptors (Lipinski definition) is 7. The van der Waals surface area contributed by atoms with Crippen LogP contribution in [0.3, 0.4) is 0 Å². The standard InChI is InChI=1S/C40H47F3N8O6/c1-21(2)30(47-38(54)55)36(52)51-19-7-9-29(51)35-46-32(33(49-35)40(41,42)43)26-16-12-24(13-17-26)23-10-14-25(15-11-23)27-20-44-34(45-27)28-8-6-18-50(28)37(53)31(22(3)4)48-39(56)57-5/h10-17,20-22,28-31,47H,6-9,18-19H2,1-5H3,(H,44,45)(H,46,49)(H,48,56)(H,54,55)/t28-,29-,30-,31-/m0/s1. The lowest BCUT2D eigenvalue weighted by Gasteiger charge is -2.30. The van der Waals surface area contributed by atoms with Crippen molar-refractivity contribution in [3.05, 3.63) is 72.1 Å². The van der Waals surface area contributed by atoms with Crippen LogP contribution in [-0.2, 0) is 20.5 Å². The Morgan fingerprint density at radius 3 is 1.75 bits per heavy atom. The van der Waals surface area contributed by atoms with E-state index in [1.54, 1.807) is 49.2 Å². The molecule has 6 rings (SSSR count). The van der Waals surface area contributed by atoms with Crippen molar-refractivity contribution in [1.29, 1.82) is 0 Å². The number of carboxylic acid groups (broad SMARTS) is 1. The van der Waals surface area contributed by atoms with Gasteiger partial charge in [0.1, 0.15) is 35.1 Å². The number of ether oxygens (including phenoxy) is 1. The number of alkyl halides is 3. The van der Waals surface area contributed by atoms with Gasteiger partial charge in [-0.1, -0.05) is 76.2 Å². The molecular formula is C40H47F3N8O6. The van der Waals surface area contributed by atoms with Crippen molar-refractivity contribution in [3.8, 4) is 33.6 Å². The van der Waals surface area contributed by atoms with Gasteiger partial charge in [0.15, 0.2) is 0 Å². The third-order valence-electron chi connectivity index (χ3n) is 10.6. The number of amides is 4. The molecule has 0 aliphatic carbocycles. The lowest BCUT2D eigenvalue weighted by atomic mass is 10.0. The number of hydrogen-bond donors (Lipinski definition) is 5. The zero-order chi connectivity index (χ0) is 41.2. The van der Waals surface area contributed by atoms with Crippen LogP contribution in [0.2, 0.25) is 0 Å². The Hall–Kier alpha value is -5.87. The number of H-pyrrole nitrogens is 2. The zero-order valence-electron chi connectivity index (χ0n) is 32.3. The first-order valence-electron chi connectivity index (χ1n) is 19.0. The number of rotatable bonds is 11. The summed E-state index contributed by atoms with van der Waals surface area (Å²) in [6.07, 6.45) is -2.69. The molecule has 2 fully saturated rings. The number of alkyl carbamates (subject to hydrolysis) is 1. The Labute approximate surface area is 327 Å². The molecule has 2 aliphatic rings. The van der Waals surface area contributed by atoms with Crippen molar-refractivity contribution in [3.63, 3.8) is 0 Å². The monoisotopic (exact) mass is 792 g/mol. The fourth-order valence-corrected chi connectivity index (χ4v) is 7.61. The molecule has 0 unspecified atom stereocenters. The predicted octanol–water partition coefficient (Wildman–Crippen LogP) is 7.15. The second-order valence-electron chi connectivity index (χ2n) is 15.1.